The normalized spacial score (nSPS) is 25.1. The van der Waals surface area contributed by atoms with Gasteiger partial charge in [0.25, 0.3) is 0 Å². The number of fused-ring (bicyclic) bond motifs is 2. The highest BCUT2D eigenvalue weighted by molar-refractivity contribution is 7.13. The topological polar surface area (TPSA) is 190 Å². The number of para-hydroxylation sites is 1. The molecule has 3 aromatic heterocycles. The number of aryl methyl sites for hydroxylation is 1. The number of rotatable bonds is 11. The number of hydrogen-bond acceptors (Lipinski definition) is 13. The third kappa shape index (κ3) is 9.30. The summed E-state index contributed by atoms with van der Waals surface area (Å²) in [5, 5.41) is 36.4. The number of aliphatic hydroxyl groups is 1. The summed E-state index contributed by atoms with van der Waals surface area (Å²) in [5.41, 5.74) is 11.8. The van der Waals surface area contributed by atoms with Gasteiger partial charge in [0.2, 0.25) is 23.7 Å². The van der Waals surface area contributed by atoms with Gasteiger partial charge in [-0.05, 0) is 135 Å². The van der Waals surface area contributed by atoms with Crippen molar-refractivity contribution in [2.75, 3.05) is 37.6 Å². The Morgan fingerprint density at radius 1 is 0.889 bits per heavy atom. The van der Waals surface area contributed by atoms with Crippen molar-refractivity contribution in [1.82, 2.24) is 45.6 Å². The number of likely N-dealkylation sites (tertiary alicyclic amines) is 2. The third-order valence-corrected chi connectivity index (χ3v) is 17.7. The number of hydrogen-bond donors (Lipinski definition) is 4. The molecule has 0 unspecified atom stereocenters. The van der Waals surface area contributed by atoms with Crippen LogP contribution < -0.4 is 15.5 Å². The van der Waals surface area contributed by atoms with Gasteiger partial charge < -0.3 is 35.5 Å². The van der Waals surface area contributed by atoms with Crippen LogP contribution in [-0.2, 0) is 20.8 Å². The van der Waals surface area contributed by atoms with Gasteiger partial charge in [-0.3, -0.25) is 14.4 Å². The van der Waals surface area contributed by atoms with Crippen LogP contribution >= 0.6 is 11.3 Å². The smallest absolute Gasteiger partial charge is 0.246 e. The van der Waals surface area contributed by atoms with Crippen molar-refractivity contribution in [3.63, 3.8) is 0 Å². The maximum absolute atomic E-state index is 14.4. The number of aromatic hydroxyl groups is 1. The Morgan fingerprint density at radius 2 is 1.62 bits per heavy atom. The highest BCUT2D eigenvalue weighted by atomic mass is 32.1. The highest BCUT2D eigenvalue weighted by Crippen LogP contribution is 2.60. The Kier molecular flexibility index (Phi) is 12.8. The predicted molar refractivity (Wildman–Crippen MR) is 277 cm³/mol. The van der Waals surface area contributed by atoms with Gasteiger partial charge in [-0.2, -0.15) is 10.2 Å². The molecule has 4 atom stereocenters. The SMILES string of the molecule is Cc1ncsc1-c1ccc([C@H](C)NC(=O)[C@@H]2C[C@@H](O)CN2C(=O)[C@@H](NC(=O)C2CC3(C2)CC(N2CCC(c4cnc(N5CCC6=C(Cc7nnc(-c8ccccc8O)cc76)C5)nc4)CC2)C3)C(C)(C)C)cc1. The van der Waals surface area contributed by atoms with Crippen LogP contribution in [0.5, 0.6) is 5.75 Å². The van der Waals surface area contributed by atoms with E-state index in [1.807, 2.05) is 95.0 Å². The van der Waals surface area contributed by atoms with E-state index in [4.69, 9.17) is 9.97 Å². The van der Waals surface area contributed by atoms with Gasteiger partial charge in [-0.1, -0.05) is 57.2 Å². The number of nitrogens with zero attached hydrogens (tertiary/aromatic N) is 8. The van der Waals surface area contributed by atoms with E-state index in [9.17, 15) is 24.6 Å². The second-order valence-corrected chi connectivity index (χ2v) is 23.5. The van der Waals surface area contributed by atoms with Gasteiger partial charge in [0.15, 0.2) is 0 Å². The fourth-order valence-corrected chi connectivity index (χ4v) is 13.4. The molecule has 5 aromatic rings. The molecule has 0 radical (unpaired) electrons. The van der Waals surface area contributed by atoms with Crippen molar-refractivity contribution in [2.45, 2.75) is 129 Å². The predicted octanol–water partition coefficient (Wildman–Crippen LogP) is 7.40. The van der Waals surface area contributed by atoms with Gasteiger partial charge in [0.05, 0.1) is 39.6 Å². The zero-order valence-corrected chi connectivity index (χ0v) is 42.8. The summed E-state index contributed by atoms with van der Waals surface area (Å²) >= 11 is 1.59. The first-order valence-electron chi connectivity index (χ1n) is 25.9. The van der Waals surface area contributed by atoms with E-state index in [-0.39, 0.29) is 53.8 Å². The van der Waals surface area contributed by atoms with Gasteiger partial charge in [-0.25, -0.2) is 15.0 Å². The van der Waals surface area contributed by atoms with Crippen molar-refractivity contribution >= 4 is 40.6 Å². The Labute approximate surface area is 425 Å². The number of aromatic nitrogens is 5. The number of benzene rings is 2. The Hall–Kier alpha value is -6.10. The minimum atomic E-state index is -0.844. The number of phenols is 1. The third-order valence-electron chi connectivity index (χ3n) is 16.8. The van der Waals surface area contributed by atoms with Crippen molar-refractivity contribution < 1.29 is 24.6 Å². The van der Waals surface area contributed by atoms with Gasteiger partial charge in [0.1, 0.15) is 17.8 Å². The molecule has 6 heterocycles. The van der Waals surface area contributed by atoms with Crippen molar-refractivity contribution in [3.8, 4) is 27.4 Å². The molecule has 376 valence electrons. The lowest BCUT2D eigenvalue weighted by Crippen LogP contribution is -2.62. The molecule has 6 aliphatic rings. The van der Waals surface area contributed by atoms with Gasteiger partial charge in [0, 0.05) is 68.0 Å². The molecular weight excluding hydrogens is 925 g/mol. The number of amides is 3. The molecule has 1 spiro atoms. The summed E-state index contributed by atoms with van der Waals surface area (Å²) in [4.78, 5) is 63.7. The van der Waals surface area contributed by atoms with Crippen LogP contribution in [0.3, 0.4) is 0 Å². The van der Waals surface area contributed by atoms with E-state index < -0.39 is 23.6 Å². The molecule has 11 rings (SSSR count). The number of thiazole rings is 1. The number of anilines is 1. The molecule has 3 aliphatic heterocycles. The number of nitrogens with one attached hydrogen (secondary N) is 2. The Balaban J connectivity index is 0.633. The second kappa shape index (κ2) is 19.1. The summed E-state index contributed by atoms with van der Waals surface area (Å²) in [6, 6.07) is 15.9. The zero-order chi connectivity index (χ0) is 50.1. The highest BCUT2D eigenvalue weighted by Gasteiger charge is 2.57. The van der Waals surface area contributed by atoms with E-state index in [1.165, 1.54) is 21.6 Å². The average molecular weight is 991 g/mol. The molecule has 15 nitrogen and oxygen atoms in total. The number of carbonyl (C=O) groups excluding carboxylic acids is 3. The van der Waals surface area contributed by atoms with Crippen LogP contribution in [0.15, 0.2) is 78.1 Å². The molecular formula is C56H66N10O5S. The summed E-state index contributed by atoms with van der Waals surface area (Å²) in [5.74, 6) is 0.498. The van der Waals surface area contributed by atoms with Crippen LogP contribution in [0.4, 0.5) is 5.95 Å². The lowest BCUT2D eigenvalue weighted by molar-refractivity contribution is -0.150. The van der Waals surface area contributed by atoms with E-state index in [0.717, 1.165) is 116 Å². The average Bonchev–Trinajstić information content (AvgIpc) is 4.08. The lowest BCUT2D eigenvalue weighted by atomic mass is 9.49. The standard InChI is InChI=1S/C56H66N10O5S/c1-32(34-10-12-36(13-11-34)49-33(2)59-31-72-49)60-52(70)47-21-41(67)30-66(47)53(71)50(55(3,4)5)61-51(69)38-23-56(24-38)25-40(26-56)64-17-14-35(15-18-64)39-27-57-54(58-28-39)65-19-16-42-37(29-65)20-45-44(42)22-46(63-62-45)43-8-6-7-9-48(43)68/h6-13,22,27-28,31-32,35,38,40-41,47,50,67-68H,14-21,23-26,29-30H2,1-5H3,(H,60,70)(H,61,69)/t32-,38?,40?,41+,47-,50+,56?/m0/s1. The monoisotopic (exact) mass is 990 g/mol. The molecule has 0 bridgehead atoms. The van der Waals surface area contributed by atoms with E-state index in [2.05, 4.69) is 41.7 Å². The fourth-order valence-electron chi connectivity index (χ4n) is 12.6. The van der Waals surface area contributed by atoms with Crippen molar-refractivity contribution in [3.05, 3.63) is 106 Å². The molecule has 16 heteroatoms. The summed E-state index contributed by atoms with van der Waals surface area (Å²) in [6.45, 7) is 13.4. The number of carbonyl (C=O) groups is 3. The van der Waals surface area contributed by atoms with Crippen molar-refractivity contribution in [1.29, 1.82) is 0 Å². The molecule has 2 saturated heterocycles. The minimum Gasteiger partial charge on any atom is -0.507 e. The van der Waals surface area contributed by atoms with Crippen LogP contribution in [-0.4, -0.2) is 120 Å². The lowest BCUT2D eigenvalue weighted by Gasteiger charge is -2.60. The van der Waals surface area contributed by atoms with Gasteiger partial charge in [-0.15, -0.1) is 11.3 Å². The minimum absolute atomic E-state index is 0.0411. The van der Waals surface area contributed by atoms with Crippen LogP contribution in [0.2, 0.25) is 0 Å². The molecule has 3 aliphatic carbocycles. The van der Waals surface area contributed by atoms with E-state index in [0.29, 0.717) is 23.2 Å². The Bertz CT molecular complexity index is 2890. The molecule has 2 saturated carbocycles. The molecule has 2 aromatic carbocycles. The number of β-amino-alcohol motifs (C(OH)–C–C–N with tert-alkyl or cyclic N) is 1. The second-order valence-electron chi connectivity index (χ2n) is 22.7. The first-order valence-corrected chi connectivity index (χ1v) is 26.7. The maximum Gasteiger partial charge on any atom is 0.246 e. The number of piperidine rings is 1. The first-order chi connectivity index (χ1) is 34.6. The summed E-state index contributed by atoms with van der Waals surface area (Å²) < 4.78 is 0. The fraction of sp³-hybridized carbons (Fsp3) is 0.500. The van der Waals surface area contributed by atoms with Crippen LogP contribution in [0, 0.1) is 23.7 Å². The maximum atomic E-state index is 14.4. The largest absolute Gasteiger partial charge is 0.507 e. The van der Waals surface area contributed by atoms with Crippen LogP contribution in [0.1, 0.15) is 119 Å². The van der Waals surface area contributed by atoms with Crippen LogP contribution in [0.25, 0.3) is 27.3 Å². The molecule has 4 fully saturated rings. The van der Waals surface area contributed by atoms with Crippen molar-refractivity contribution in [2.24, 2.45) is 16.7 Å². The Morgan fingerprint density at radius 3 is 2.32 bits per heavy atom. The number of aliphatic hydroxyl groups excluding tert-OH is 1. The van der Waals surface area contributed by atoms with E-state index >= 15 is 0 Å². The summed E-state index contributed by atoms with van der Waals surface area (Å²) in [6.07, 6.45) is 11.0. The zero-order valence-electron chi connectivity index (χ0n) is 42.0. The molecule has 3 amide bonds. The molecule has 72 heavy (non-hydrogen) atoms. The van der Waals surface area contributed by atoms with E-state index in [1.54, 1.807) is 17.4 Å². The first kappa shape index (κ1) is 48.2. The molecule has 4 N–H and O–H groups in total. The summed E-state index contributed by atoms with van der Waals surface area (Å²) in [7, 11) is 0. The number of phenolic OH excluding ortho intramolecular Hbond substituents is 1. The van der Waals surface area contributed by atoms with Gasteiger partial charge >= 0.3 is 0 Å². The quantitative estimate of drug-likeness (QED) is 0.103.